The third kappa shape index (κ3) is 6.81. The van der Waals surface area contributed by atoms with Crippen LogP contribution < -0.4 is 11.1 Å². The van der Waals surface area contributed by atoms with E-state index in [1.807, 2.05) is 30.3 Å². The van der Waals surface area contributed by atoms with E-state index in [0.717, 1.165) is 5.56 Å². The highest BCUT2D eigenvalue weighted by molar-refractivity contribution is 5.81. The molecule has 0 saturated heterocycles. The summed E-state index contributed by atoms with van der Waals surface area (Å²) in [6, 6.07) is 8.68. The van der Waals surface area contributed by atoms with Gasteiger partial charge in [-0.25, -0.2) is 0 Å². The normalized spacial score (nSPS) is 13.1. The van der Waals surface area contributed by atoms with Crippen LogP contribution in [0.25, 0.3) is 0 Å². The lowest BCUT2D eigenvalue weighted by molar-refractivity contribution is -0.135. The molecule has 1 rings (SSSR count). The molecule has 0 aliphatic heterocycles. The molecule has 0 aliphatic carbocycles. The molecule has 0 spiro atoms. The average molecular weight is 274 g/mol. The molecule has 0 aromatic heterocycles. The van der Waals surface area contributed by atoms with Crippen molar-refractivity contribution >= 4 is 5.91 Å². The van der Waals surface area contributed by atoms with Crippen LogP contribution in [0.15, 0.2) is 30.3 Å². The lowest BCUT2D eigenvalue weighted by Gasteiger charge is -2.13. The minimum Gasteiger partial charge on any atom is -0.354 e. The summed E-state index contributed by atoms with van der Waals surface area (Å²) in [5, 5.41) is 2.19. The van der Waals surface area contributed by atoms with E-state index in [4.69, 9.17) is 5.73 Å². The fourth-order valence-electron chi connectivity index (χ4n) is 1.56. The maximum absolute atomic E-state index is 11.9. The molecule has 0 fully saturated rings. The third-order valence-electron chi connectivity index (χ3n) is 2.63. The quantitative estimate of drug-likeness (QED) is 0.833. The first kappa shape index (κ1) is 15.5. The SMILES string of the molecule is NC(CCc1ccccc1)C(=O)NCCC(F)(F)F. The number of nitrogens with one attached hydrogen (secondary N) is 1. The molecule has 1 unspecified atom stereocenters. The van der Waals surface area contributed by atoms with E-state index in [1.54, 1.807) is 0 Å². The van der Waals surface area contributed by atoms with Crippen molar-refractivity contribution in [3.63, 3.8) is 0 Å². The fourth-order valence-corrected chi connectivity index (χ4v) is 1.56. The van der Waals surface area contributed by atoms with Crippen molar-refractivity contribution in [2.45, 2.75) is 31.5 Å². The smallest absolute Gasteiger partial charge is 0.354 e. The van der Waals surface area contributed by atoms with Gasteiger partial charge in [0.25, 0.3) is 0 Å². The van der Waals surface area contributed by atoms with Crippen LogP contribution in [0.1, 0.15) is 18.4 Å². The summed E-state index contributed by atoms with van der Waals surface area (Å²) in [6.07, 6.45) is -4.28. The van der Waals surface area contributed by atoms with Crippen LogP contribution in [-0.4, -0.2) is 24.7 Å². The standard InChI is InChI=1S/C13H17F3N2O/c14-13(15,16)8-9-18-12(19)11(17)7-6-10-4-2-1-3-5-10/h1-5,11H,6-9,17H2,(H,18,19). The Kier molecular flexibility index (Phi) is 5.82. The van der Waals surface area contributed by atoms with Crippen LogP contribution >= 0.6 is 0 Å². The van der Waals surface area contributed by atoms with Crippen molar-refractivity contribution in [2.24, 2.45) is 5.73 Å². The molecule has 3 nitrogen and oxygen atoms in total. The molecule has 1 aromatic rings. The zero-order valence-corrected chi connectivity index (χ0v) is 10.4. The maximum atomic E-state index is 11.9. The van der Waals surface area contributed by atoms with Gasteiger partial charge in [0.05, 0.1) is 12.5 Å². The molecule has 3 N–H and O–H groups in total. The summed E-state index contributed by atoms with van der Waals surface area (Å²) in [7, 11) is 0. The van der Waals surface area contributed by atoms with Crippen molar-refractivity contribution in [1.29, 1.82) is 0 Å². The first-order valence-corrected chi connectivity index (χ1v) is 6.02. The highest BCUT2D eigenvalue weighted by atomic mass is 19.4. The largest absolute Gasteiger partial charge is 0.390 e. The Morgan fingerprint density at radius 3 is 2.47 bits per heavy atom. The summed E-state index contributed by atoms with van der Waals surface area (Å²) in [5.41, 5.74) is 6.66. The van der Waals surface area contributed by atoms with E-state index < -0.39 is 31.1 Å². The van der Waals surface area contributed by atoms with Gasteiger partial charge < -0.3 is 11.1 Å². The topological polar surface area (TPSA) is 55.1 Å². The first-order chi connectivity index (χ1) is 8.88. The number of nitrogens with two attached hydrogens (primary N) is 1. The molecule has 1 aromatic carbocycles. The predicted molar refractivity (Wildman–Crippen MR) is 66.4 cm³/mol. The molecule has 0 aliphatic rings. The molecular formula is C13H17F3N2O. The summed E-state index contributed by atoms with van der Waals surface area (Å²) >= 11 is 0. The Labute approximate surface area is 110 Å². The Morgan fingerprint density at radius 2 is 1.89 bits per heavy atom. The van der Waals surface area contributed by atoms with E-state index in [1.165, 1.54) is 0 Å². The summed E-state index contributed by atoms with van der Waals surface area (Å²) < 4.78 is 35.7. The van der Waals surface area contributed by atoms with Crippen LogP contribution in [0.4, 0.5) is 13.2 Å². The van der Waals surface area contributed by atoms with Gasteiger partial charge in [-0.1, -0.05) is 30.3 Å². The van der Waals surface area contributed by atoms with Gasteiger partial charge >= 0.3 is 6.18 Å². The summed E-state index contributed by atoms with van der Waals surface area (Å²) in [5.74, 6) is -0.541. The lowest BCUT2D eigenvalue weighted by Crippen LogP contribution is -2.42. The van der Waals surface area contributed by atoms with E-state index >= 15 is 0 Å². The molecule has 6 heteroatoms. The highest BCUT2D eigenvalue weighted by Gasteiger charge is 2.26. The minimum atomic E-state index is -4.26. The third-order valence-corrected chi connectivity index (χ3v) is 2.63. The fraction of sp³-hybridized carbons (Fsp3) is 0.462. The van der Waals surface area contributed by atoms with Gasteiger partial charge in [0.1, 0.15) is 0 Å². The number of aryl methyl sites for hydroxylation is 1. The molecule has 1 atom stereocenters. The second-order valence-corrected chi connectivity index (χ2v) is 4.29. The maximum Gasteiger partial charge on any atom is 0.390 e. The van der Waals surface area contributed by atoms with Gasteiger partial charge in [-0.3, -0.25) is 4.79 Å². The number of halogens is 3. The lowest BCUT2D eigenvalue weighted by atomic mass is 10.1. The summed E-state index contributed by atoms with van der Waals surface area (Å²) in [4.78, 5) is 11.4. The molecule has 106 valence electrons. The van der Waals surface area contributed by atoms with Crippen LogP contribution in [0.2, 0.25) is 0 Å². The Balaban J connectivity index is 2.25. The number of amides is 1. The molecular weight excluding hydrogens is 257 g/mol. The van der Waals surface area contributed by atoms with Crippen LogP contribution in [0.5, 0.6) is 0 Å². The van der Waals surface area contributed by atoms with Gasteiger partial charge in [0.15, 0.2) is 0 Å². The monoisotopic (exact) mass is 274 g/mol. The predicted octanol–water partition coefficient (Wildman–Crippen LogP) is 2.02. The number of benzene rings is 1. The van der Waals surface area contributed by atoms with Crippen LogP contribution in [0, 0.1) is 0 Å². The van der Waals surface area contributed by atoms with E-state index in [0.29, 0.717) is 12.8 Å². The van der Waals surface area contributed by atoms with Crippen LogP contribution in [0.3, 0.4) is 0 Å². The molecule has 0 saturated carbocycles. The number of carbonyl (C=O) groups is 1. The zero-order chi connectivity index (χ0) is 14.3. The number of hydrogen-bond donors (Lipinski definition) is 2. The zero-order valence-electron chi connectivity index (χ0n) is 10.4. The van der Waals surface area contributed by atoms with E-state index in [9.17, 15) is 18.0 Å². The Bertz CT molecular complexity index is 393. The molecule has 0 heterocycles. The number of carbonyl (C=O) groups excluding carboxylic acids is 1. The minimum absolute atomic E-state index is 0.405. The highest BCUT2D eigenvalue weighted by Crippen LogP contribution is 2.18. The van der Waals surface area contributed by atoms with Crippen molar-refractivity contribution in [3.05, 3.63) is 35.9 Å². The number of alkyl halides is 3. The number of hydrogen-bond acceptors (Lipinski definition) is 2. The molecule has 0 radical (unpaired) electrons. The van der Waals surface area contributed by atoms with Gasteiger partial charge in [0, 0.05) is 6.54 Å². The van der Waals surface area contributed by atoms with E-state index in [2.05, 4.69) is 5.32 Å². The van der Waals surface area contributed by atoms with Gasteiger partial charge in [-0.05, 0) is 18.4 Å². The second-order valence-electron chi connectivity index (χ2n) is 4.29. The van der Waals surface area contributed by atoms with Crippen LogP contribution in [-0.2, 0) is 11.2 Å². The molecule has 1 amide bonds. The van der Waals surface area contributed by atoms with E-state index in [-0.39, 0.29) is 0 Å². The summed E-state index contributed by atoms with van der Waals surface area (Å²) in [6.45, 7) is -0.429. The van der Waals surface area contributed by atoms with Gasteiger partial charge in [0.2, 0.25) is 5.91 Å². The van der Waals surface area contributed by atoms with Gasteiger partial charge in [-0.2, -0.15) is 13.2 Å². The van der Waals surface area contributed by atoms with Crippen molar-refractivity contribution in [2.75, 3.05) is 6.54 Å². The average Bonchev–Trinajstić information content (AvgIpc) is 2.35. The molecule has 19 heavy (non-hydrogen) atoms. The molecule has 0 bridgehead atoms. The van der Waals surface area contributed by atoms with Crippen molar-refractivity contribution in [1.82, 2.24) is 5.32 Å². The number of rotatable bonds is 6. The second kappa shape index (κ2) is 7.13. The van der Waals surface area contributed by atoms with Crippen molar-refractivity contribution in [3.8, 4) is 0 Å². The Morgan fingerprint density at radius 1 is 1.26 bits per heavy atom. The van der Waals surface area contributed by atoms with Gasteiger partial charge in [-0.15, -0.1) is 0 Å². The Hall–Kier alpha value is -1.56. The van der Waals surface area contributed by atoms with Crippen molar-refractivity contribution < 1.29 is 18.0 Å². The first-order valence-electron chi connectivity index (χ1n) is 6.02.